The summed E-state index contributed by atoms with van der Waals surface area (Å²) < 4.78 is 7.35. The van der Waals surface area contributed by atoms with E-state index >= 15 is 0 Å². The number of nitrogens with zero attached hydrogens (tertiary/aromatic N) is 4. The van der Waals surface area contributed by atoms with E-state index in [1.54, 1.807) is 24.2 Å². The molecule has 0 spiro atoms. The summed E-state index contributed by atoms with van der Waals surface area (Å²) in [6, 6.07) is 0.170. The molecule has 11 heteroatoms. The Balaban J connectivity index is 0.00000129. The van der Waals surface area contributed by atoms with E-state index in [-0.39, 0.29) is 23.6 Å². The van der Waals surface area contributed by atoms with E-state index in [1.807, 2.05) is 38.6 Å². The third kappa shape index (κ3) is 6.91. The molecule has 188 valence electrons. The second-order valence-corrected chi connectivity index (χ2v) is 8.90. The van der Waals surface area contributed by atoms with Crippen molar-refractivity contribution in [3.8, 4) is 16.9 Å². The first-order chi connectivity index (χ1) is 16.0. The van der Waals surface area contributed by atoms with Gasteiger partial charge in [-0.2, -0.15) is 5.10 Å². The maximum Gasteiger partial charge on any atom is 0.410 e. The van der Waals surface area contributed by atoms with Gasteiger partial charge in [-0.25, -0.2) is 9.78 Å². The fourth-order valence-electron chi connectivity index (χ4n) is 3.61. The van der Waals surface area contributed by atoms with E-state index in [0.717, 1.165) is 24.0 Å². The van der Waals surface area contributed by atoms with Crippen LogP contribution in [0, 0.1) is 6.92 Å². The molecule has 0 atom stereocenters. The van der Waals surface area contributed by atoms with E-state index in [2.05, 4.69) is 15.4 Å². The Bertz CT molecular complexity index is 977. The van der Waals surface area contributed by atoms with Crippen LogP contribution in [0.5, 0.6) is 5.75 Å². The first-order valence-electron chi connectivity index (χ1n) is 11.2. The molecular weight excluding hydrogens is 442 g/mol. The minimum atomic E-state index is -0.750. The molecule has 1 aliphatic heterocycles. The summed E-state index contributed by atoms with van der Waals surface area (Å²) in [4.78, 5) is 30.2. The number of hydrogen-bond acceptors (Lipinski definition) is 8. The number of likely N-dealkylation sites (tertiary alicyclic amines) is 1. The molecule has 4 N–H and O–H groups in total. The summed E-state index contributed by atoms with van der Waals surface area (Å²) in [5.74, 6) is -0.524. The number of carbonyl (C=O) groups is 2. The third-order valence-corrected chi connectivity index (χ3v) is 5.26. The number of aliphatic hydroxyl groups excluding tert-OH is 1. The van der Waals surface area contributed by atoms with Crippen molar-refractivity contribution in [2.24, 2.45) is 0 Å². The van der Waals surface area contributed by atoms with Crippen LogP contribution in [0.15, 0.2) is 18.6 Å². The molecule has 34 heavy (non-hydrogen) atoms. The van der Waals surface area contributed by atoms with Gasteiger partial charge in [0, 0.05) is 48.7 Å². The Morgan fingerprint density at radius 3 is 2.38 bits per heavy atom. The van der Waals surface area contributed by atoms with Crippen molar-refractivity contribution in [3.05, 3.63) is 29.8 Å². The summed E-state index contributed by atoms with van der Waals surface area (Å²) in [6.45, 7) is 10.1. The third-order valence-electron chi connectivity index (χ3n) is 5.26. The number of aromatic nitrogens is 3. The normalized spacial score (nSPS) is 14.3. The Labute approximate surface area is 199 Å². The Morgan fingerprint density at radius 2 is 1.82 bits per heavy atom. The van der Waals surface area contributed by atoms with Crippen molar-refractivity contribution in [2.75, 3.05) is 26.4 Å². The standard InChI is InChI=1S/C22H31N5O4.CH4O2/c1-6-23-20(29)18-19(28)14(2)17(12-24-18)15-11-25-27(13-15)16-7-9-26(10-8-16)21(30)31-22(3,4)5;2-1-3/h11-13,16,28H,6-10H2,1-5H3,(H,23,29);2-3H,1H2. The largest absolute Gasteiger partial charge is 0.505 e. The predicted octanol–water partition coefficient (Wildman–Crippen LogP) is 2.21. The van der Waals surface area contributed by atoms with Gasteiger partial charge in [-0.05, 0) is 47.5 Å². The van der Waals surface area contributed by atoms with Gasteiger partial charge in [0.25, 0.3) is 5.91 Å². The average Bonchev–Trinajstić information content (AvgIpc) is 3.25. The first-order valence-corrected chi connectivity index (χ1v) is 11.2. The molecule has 3 heterocycles. The van der Waals surface area contributed by atoms with E-state index in [1.165, 1.54) is 0 Å². The number of carbonyl (C=O) groups excluding carboxylic acids is 2. The van der Waals surface area contributed by atoms with Crippen LogP contribution in [0.4, 0.5) is 4.79 Å². The van der Waals surface area contributed by atoms with Gasteiger partial charge in [0.15, 0.2) is 5.69 Å². The second kappa shape index (κ2) is 11.8. The molecule has 0 radical (unpaired) electrons. The maximum absolute atomic E-state index is 12.3. The molecule has 2 aromatic rings. The molecular formula is C23H35N5O6. The lowest BCUT2D eigenvalue weighted by atomic mass is 10.0. The zero-order valence-corrected chi connectivity index (χ0v) is 20.4. The lowest BCUT2D eigenvalue weighted by Crippen LogP contribution is -2.42. The van der Waals surface area contributed by atoms with Crippen molar-refractivity contribution in [1.82, 2.24) is 25.0 Å². The predicted molar refractivity (Wildman–Crippen MR) is 125 cm³/mol. The van der Waals surface area contributed by atoms with Gasteiger partial charge in [0.2, 0.25) is 0 Å². The number of aliphatic hydroxyl groups is 2. The summed E-state index contributed by atoms with van der Waals surface area (Å²) in [6.07, 6.45) is 6.51. The van der Waals surface area contributed by atoms with Crippen molar-refractivity contribution in [2.45, 2.75) is 59.1 Å². The minimum absolute atomic E-state index is 0.0185. The van der Waals surface area contributed by atoms with Gasteiger partial charge in [-0.15, -0.1) is 0 Å². The number of ether oxygens (including phenoxy) is 1. The van der Waals surface area contributed by atoms with Crippen LogP contribution in [0.1, 0.15) is 62.6 Å². The topological polar surface area (TPSA) is 150 Å². The highest BCUT2D eigenvalue weighted by Crippen LogP contribution is 2.32. The number of pyridine rings is 1. The molecule has 0 bridgehead atoms. The smallest absolute Gasteiger partial charge is 0.410 e. The van der Waals surface area contributed by atoms with Crippen molar-refractivity contribution in [3.63, 3.8) is 0 Å². The van der Waals surface area contributed by atoms with E-state index in [4.69, 9.17) is 14.9 Å². The molecule has 0 unspecified atom stereocenters. The van der Waals surface area contributed by atoms with Gasteiger partial charge in [0.1, 0.15) is 18.1 Å². The van der Waals surface area contributed by atoms with Crippen LogP contribution in [0.2, 0.25) is 0 Å². The van der Waals surface area contributed by atoms with Crippen LogP contribution in [-0.2, 0) is 4.74 Å². The number of hydrogen-bond donors (Lipinski definition) is 4. The average molecular weight is 478 g/mol. The molecule has 2 aromatic heterocycles. The first kappa shape index (κ1) is 27.1. The number of rotatable bonds is 4. The summed E-state index contributed by atoms with van der Waals surface area (Å²) in [5.41, 5.74) is 1.63. The second-order valence-electron chi connectivity index (χ2n) is 8.90. The fourth-order valence-corrected chi connectivity index (χ4v) is 3.61. The van der Waals surface area contributed by atoms with Crippen LogP contribution in [0.3, 0.4) is 0 Å². The van der Waals surface area contributed by atoms with E-state index in [0.29, 0.717) is 25.2 Å². The molecule has 11 nitrogen and oxygen atoms in total. The van der Waals surface area contributed by atoms with E-state index < -0.39 is 18.3 Å². The fraction of sp³-hybridized carbons (Fsp3) is 0.565. The minimum Gasteiger partial charge on any atom is -0.505 e. The Hall–Kier alpha value is -3.18. The molecule has 0 aromatic carbocycles. The highest BCUT2D eigenvalue weighted by molar-refractivity contribution is 5.96. The maximum atomic E-state index is 12.3. The molecule has 1 saturated heterocycles. The molecule has 1 aliphatic rings. The quantitative estimate of drug-likeness (QED) is 0.490. The van der Waals surface area contributed by atoms with Crippen molar-refractivity contribution >= 4 is 12.0 Å². The van der Waals surface area contributed by atoms with Gasteiger partial charge in [-0.1, -0.05) is 0 Å². The zero-order valence-electron chi connectivity index (χ0n) is 20.4. The number of aromatic hydroxyl groups is 1. The molecule has 3 rings (SSSR count). The van der Waals surface area contributed by atoms with Crippen LogP contribution in [0.25, 0.3) is 11.1 Å². The van der Waals surface area contributed by atoms with Crippen LogP contribution < -0.4 is 5.32 Å². The van der Waals surface area contributed by atoms with E-state index in [9.17, 15) is 14.7 Å². The number of nitrogens with one attached hydrogen (secondary N) is 1. The van der Waals surface area contributed by atoms with Gasteiger partial charge in [0.05, 0.1) is 12.2 Å². The molecule has 2 amide bonds. The lowest BCUT2D eigenvalue weighted by Gasteiger charge is -2.33. The van der Waals surface area contributed by atoms with Crippen LogP contribution >= 0.6 is 0 Å². The molecule has 0 saturated carbocycles. The summed E-state index contributed by atoms with van der Waals surface area (Å²) in [5, 5.41) is 31.8. The number of piperidine rings is 1. The van der Waals surface area contributed by atoms with Crippen molar-refractivity contribution in [1.29, 1.82) is 0 Å². The van der Waals surface area contributed by atoms with Gasteiger partial charge < -0.3 is 30.3 Å². The Kier molecular flexibility index (Phi) is 9.39. The van der Waals surface area contributed by atoms with Gasteiger partial charge >= 0.3 is 6.09 Å². The lowest BCUT2D eigenvalue weighted by molar-refractivity contribution is 0.0184. The molecule has 0 aliphatic carbocycles. The number of amides is 2. The zero-order chi connectivity index (χ0) is 25.5. The highest BCUT2D eigenvalue weighted by atomic mass is 16.6. The Morgan fingerprint density at radius 1 is 1.21 bits per heavy atom. The van der Waals surface area contributed by atoms with Gasteiger partial charge in [-0.3, -0.25) is 9.48 Å². The SMILES string of the molecule is CCNC(=O)c1ncc(-c2cnn(C3CCN(C(=O)OC(C)(C)C)CC3)c2)c(C)c1O.OCO. The van der Waals surface area contributed by atoms with Crippen molar-refractivity contribution < 1.29 is 29.6 Å². The summed E-state index contributed by atoms with van der Waals surface area (Å²) in [7, 11) is 0. The monoisotopic (exact) mass is 477 g/mol. The van der Waals surface area contributed by atoms with Crippen LogP contribution in [-0.4, -0.2) is 79.0 Å². The highest BCUT2D eigenvalue weighted by Gasteiger charge is 2.28. The summed E-state index contributed by atoms with van der Waals surface area (Å²) >= 11 is 0. The molecule has 1 fully saturated rings.